The minimum absolute atomic E-state index is 0.0918. The molecule has 1 fully saturated rings. The molecule has 0 bridgehead atoms. The molecule has 1 aromatic rings. The zero-order valence-corrected chi connectivity index (χ0v) is 10.7. The maximum atomic E-state index is 12.1. The maximum absolute atomic E-state index is 12.1. The van der Waals surface area contributed by atoms with Crippen LogP contribution >= 0.6 is 11.6 Å². The second-order valence-electron chi connectivity index (χ2n) is 4.75. The highest BCUT2D eigenvalue weighted by Crippen LogP contribution is 2.38. The van der Waals surface area contributed by atoms with Gasteiger partial charge < -0.3 is 10.6 Å². The minimum atomic E-state index is -0.0918. The van der Waals surface area contributed by atoms with Gasteiger partial charge in [-0.25, -0.2) is 4.98 Å². The summed E-state index contributed by atoms with van der Waals surface area (Å²) < 4.78 is 0. The third kappa shape index (κ3) is 2.69. The third-order valence-corrected chi connectivity index (χ3v) is 3.47. The molecule has 0 aliphatic heterocycles. The first kappa shape index (κ1) is 12.2. The van der Waals surface area contributed by atoms with Crippen LogP contribution in [0, 0.1) is 11.8 Å². The number of hydrogen-bond donors (Lipinski definition) is 1. The molecule has 0 spiro atoms. The number of halogens is 1. The van der Waals surface area contributed by atoms with Gasteiger partial charge in [-0.3, -0.25) is 4.79 Å². The number of carbonyl (C=O) groups excluding carboxylic acids is 1. The third-order valence-electron chi connectivity index (χ3n) is 3.26. The van der Waals surface area contributed by atoms with Crippen LogP contribution in [0.5, 0.6) is 0 Å². The van der Waals surface area contributed by atoms with Gasteiger partial charge in [0.1, 0.15) is 5.15 Å². The standard InChI is InChI=1S/C12H16ClN3O/c1-7-3-8(7)6-16(2)12(17)9-4-11(13)15-5-10(9)14/h4-5,7-8H,3,6,14H2,1-2H3. The van der Waals surface area contributed by atoms with Crippen molar-refractivity contribution >= 4 is 23.2 Å². The van der Waals surface area contributed by atoms with Crippen LogP contribution in [-0.4, -0.2) is 29.4 Å². The lowest BCUT2D eigenvalue weighted by Crippen LogP contribution is -2.29. The first-order valence-electron chi connectivity index (χ1n) is 5.65. The number of aromatic nitrogens is 1. The Morgan fingerprint density at radius 1 is 1.71 bits per heavy atom. The van der Waals surface area contributed by atoms with Crippen molar-refractivity contribution in [1.29, 1.82) is 0 Å². The molecule has 5 heteroatoms. The summed E-state index contributed by atoms with van der Waals surface area (Å²) in [5.41, 5.74) is 6.53. The molecule has 0 aromatic carbocycles. The summed E-state index contributed by atoms with van der Waals surface area (Å²) in [5.74, 6) is 1.26. The van der Waals surface area contributed by atoms with Crippen LogP contribution in [0.3, 0.4) is 0 Å². The van der Waals surface area contributed by atoms with Crippen LogP contribution < -0.4 is 5.73 Å². The Hall–Kier alpha value is -1.29. The van der Waals surface area contributed by atoms with Crippen LogP contribution in [-0.2, 0) is 0 Å². The van der Waals surface area contributed by atoms with Gasteiger partial charge in [0, 0.05) is 13.6 Å². The average Bonchev–Trinajstić information content (AvgIpc) is 2.96. The van der Waals surface area contributed by atoms with Gasteiger partial charge in [-0.1, -0.05) is 18.5 Å². The van der Waals surface area contributed by atoms with E-state index in [0.717, 1.165) is 12.5 Å². The smallest absolute Gasteiger partial charge is 0.255 e. The van der Waals surface area contributed by atoms with Gasteiger partial charge in [0.15, 0.2) is 0 Å². The number of anilines is 1. The average molecular weight is 254 g/mol. The summed E-state index contributed by atoms with van der Waals surface area (Å²) in [6.07, 6.45) is 2.62. The van der Waals surface area contributed by atoms with Gasteiger partial charge in [0.05, 0.1) is 17.4 Å². The number of amides is 1. The van der Waals surface area contributed by atoms with Gasteiger partial charge >= 0.3 is 0 Å². The van der Waals surface area contributed by atoms with E-state index in [1.54, 1.807) is 11.9 Å². The van der Waals surface area contributed by atoms with Crippen LogP contribution in [0.15, 0.2) is 12.3 Å². The van der Waals surface area contributed by atoms with Gasteiger partial charge in [-0.05, 0) is 24.3 Å². The summed E-state index contributed by atoms with van der Waals surface area (Å²) in [5, 5.41) is 0.288. The Balaban J connectivity index is 2.10. The second-order valence-corrected chi connectivity index (χ2v) is 5.14. The topological polar surface area (TPSA) is 59.2 Å². The lowest BCUT2D eigenvalue weighted by Gasteiger charge is -2.18. The molecule has 1 aliphatic rings. The Morgan fingerprint density at radius 2 is 2.35 bits per heavy atom. The van der Waals surface area contributed by atoms with E-state index in [1.165, 1.54) is 18.7 Å². The van der Waals surface area contributed by atoms with Crippen molar-refractivity contribution in [2.75, 3.05) is 19.3 Å². The summed E-state index contributed by atoms with van der Waals surface area (Å²) in [7, 11) is 1.79. The molecule has 1 heterocycles. The van der Waals surface area contributed by atoms with Crippen molar-refractivity contribution in [3.05, 3.63) is 23.0 Å². The van der Waals surface area contributed by atoms with Crippen LogP contribution in [0.2, 0.25) is 5.15 Å². The van der Waals surface area contributed by atoms with Crippen LogP contribution in [0.4, 0.5) is 5.69 Å². The Morgan fingerprint density at radius 3 is 2.94 bits per heavy atom. The number of hydrogen-bond acceptors (Lipinski definition) is 3. The number of nitrogens with zero attached hydrogens (tertiary/aromatic N) is 2. The number of carbonyl (C=O) groups is 1. The van der Waals surface area contributed by atoms with Gasteiger partial charge in [0.2, 0.25) is 0 Å². The molecule has 2 atom stereocenters. The molecule has 2 N–H and O–H groups in total. The zero-order chi connectivity index (χ0) is 12.6. The summed E-state index contributed by atoms with van der Waals surface area (Å²) in [6, 6.07) is 1.52. The lowest BCUT2D eigenvalue weighted by atomic mass is 10.2. The molecule has 1 aliphatic carbocycles. The molecule has 92 valence electrons. The molecule has 0 radical (unpaired) electrons. The molecule has 1 aromatic heterocycles. The molecule has 1 amide bonds. The van der Waals surface area contributed by atoms with Crippen molar-refractivity contribution < 1.29 is 4.79 Å². The summed E-state index contributed by atoms with van der Waals surface area (Å²) >= 11 is 5.77. The molecule has 2 rings (SSSR count). The quantitative estimate of drug-likeness (QED) is 0.839. The van der Waals surface area contributed by atoms with Crippen molar-refractivity contribution in [3.8, 4) is 0 Å². The van der Waals surface area contributed by atoms with Crippen LogP contribution in [0.25, 0.3) is 0 Å². The van der Waals surface area contributed by atoms with Crippen molar-refractivity contribution in [2.24, 2.45) is 11.8 Å². The van der Waals surface area contributed by atoms with E-state index in [1.807, 2.05) is 0 Å². The predicted octanol–water partition coefficient (Wildman–Crippen LogP) is 2.05. The fourth-order valence-electron chi connectivity index (χ4n) is 1.92. The van der Waals surface area contributed by atoms with E-state index in [2.05, 4.69) is 11.9 Å². The largest absolute Gasteiger partial charge is 0.397 e. The molecule has 0 saturated heterocycles. The fourth-order valence-corrected chi connectivity index (χ4v) is 2.08. The van der Waals surface area contributed by atoms with Crippen LogP contribution in [0.1, 0.15) is 23.7 Å². The summed E-state index contributed by atoms with van der Waals surface area (Å²) in [4.78, 5) is 17.7. The minimum Gasteiger partial charge on any atom is -0.397 e. The lowest BCUT2D eigenvalue weighted by molar-refractivity contribution is 0.0788. The maximum Gasteiger partial charge on any atom is 0.255 e. The molecule has 1 saturated carbocycles. The van der Waals surface area contributed by atoms with Gasteiger partial charge in [-0.2, -0.15) is 0 Å². The summed E-state index contributed by atoms with van der Waals surface area (Å²) in [6.45, 7) is 2.97. The van der Waals surface area contributed by atoms with Crippen molar-refractivity contribution in [1.82, 2.24) is 9.88 Å². The van der Waals surface area contributed by atoms with E-state index in [0.29, 0.717) is 17.2 Å². The second kappa shape index (κ2) is 4.53. The molecule has 17 heavy (non-hydrogen) atoms. The predicted molar refractivity (Wildman–Crippen MR) is 67.9 cm³/mol. The van der Waals surface area contributed by atoms with Gasteiger partial charge in [0.25, 0.3) is 5.91 Å². The van der Waals surface area contributed by atoms with E-state index in [4.69, 9.17) is 17.3 Å². The fraction of sp³-hybridized carbons (Fsp3) is 0.500. The highest BCUT2D eigenvalue weighted by molar-refractivity contribution is 6.29. The normalized spacial score (nSPS) is 22.3. The van der Waals surface area contributed by atoms with Crippen molar-refractivity contribution in [2.45, 2.75) is 13.3 Å². The number of pyridine rings is 1. The first-order chi connectivity index (χ1) is 7.99. The highest BCUT2D eigenvalue weighted by Gasteiger charge is 2.34. The highest BCUT2D eigenvalue weighted by atomic mass is 35.5. The molecule has 4 nitrogen and oxygen atoms in total. The number of nitrogen functional groups attached to an aromatic ring is 1. The zero-order valence-electron chi connectivity index (χ0n) is 9.98. The van der Waals surface area contributed by atoms with E-state index in [-0.39, 0.29) is 11.1 Å². The van der Waals surface area contributed by atoms with Gasteiger partial charge in [-0.15, -0.1) is 0 Å². The molecular formula is C12H16ClN3O. The Labute approximate surface area is 106 Å². The Bertz CT molecular complexity index is 449. The van der Waals surface area contributed by atoms with Crippen molar-refractivity contribution in [3.63, 3.8) is 0 Å². The van der Waals surface area contributed by atoms with E-state index >= 15 is 0 Å². The number of nitrogens with two attached hydrogens (primary N) is 1. The van der Waals surface area contributed by atoms with E-state index in [9.17, 15) is 4.79 Å². The molecule has 2 unspecified atom stereocenters. The monoisotopic (exact) mass is 253 g/mol. The van der Waals surface area contributed by atoms with E-state index < -0.39 is 0 Å². The first-order valence-corrected chi connectivity index (χ1v) is 6.03. The number of rotatable bonds is 3. The molecular weight excluding hydrogens is 238 g/mol. The Kier molecular flexibility index (Phi) is 3.24. The SMILES string of the molecule is CC1CC1CN(C)C(=O)c1cc(Cl)ncc1N.